The number of hydroxylamine groups is 2. The number of carbonyl (C=O) groups is 5. The maximum Gasteiger partial charge on any atom is 0.411 e. The van der Waals surface area contributed by atoms with Gasteiger partial charge in [0.1, 0.15) is 29.6 Å². The highest BCUT2D eigenvalue weighted by atomic mass is 32.2. The van der Waals surface area contributed by atoms with Gasteiger partial charge in [0.25, 0.3) is 11.8 Å². The third-order valence-electron chi connectivity index (χ3n) is 7.09. The van der Waals surface area contributed by atoms with Crippen molar-refractivity contribution in [1.29, 1.82) is 0 Å². The van der Waals surface area contributed by atoms with Gasteiger partial charge in [0.05, 0.1) is 58.2 Å². The second-order valence-electron chi connectivity index (χ2n) is 10.3. The molecule has 3 aromatic rings. The molecule has 0 bridgehead atoms. The van der Waals surface area contributed by atoms with E-state index in [1.165, 1.54) is 25.1 Å². The fourth-order valence-electron chi connectivity index (χ4n) is 4.65. The quantitative estimate of drug-likeness (QED) is 0.107. The number of benzene rings is 3. The van der Waals surface area contributed by atoms with E-state index < -0.39 is 29.8 Å². The zero-order chi connectivity index (χ0) is 36.0. The third-order valence-corrected chi connectivity index (χ3v) is 7.72. The lowest BCUT2D eigenvalue weighted by molar-refractivity contribution is -0.172. The molecule has 4 amide bonds. The number of rotatable bonds is 16. The monoisotopic (exact) mass is 708 g/mol. The summed E-state index contributed by atoms with van der Waals surface area (Å²) in [7, 11) is 6.13. The minimum atomic E-state index is -0.934. The van der Waals surface area contributed by atoms with Crippen LogP contribution in [-0.4, -0.2) is 76.4 Å². The van der Waals surface area contributed by atoms with Gasteiger partial charge in [-0.3, -0.25) is 19.7 Å². The summed E-state index contributed by atoms with van der Waals surface area (Å²) in [5.41, 5.74) is 2.07. The van der Waals surface area contributed by atoms with E-state index in [1.54, 1.807) is 75.3 Å². The molecule has 4 rings (SSSR count). The SMILES string of the molecule is COc1cc(OC)c(/C=C/SNc2ccc(OC)c(NC(=O)OCCNC(=O)Cc3ccccc3C(=O)ON3C(=O)CCC3=O)c2)c(OC)c1. The summed E-state index contributed by atoms with van der Waals surface area (Å²) in [5.74, 6) is -0.470. The van der Waals surface area contributed by atoms with E-state index in [0.29, 0.717) is 45.0 Å². The van der Waals surface area contributed by atoms with Crippen LogP contribution in [0.25, 0.3) is 6.08 Å². The maximum absolute atomic E-state index is 12.6. The topological polar surface area (TPSA) is 180 Å². The zero-order valence-corrected chi connectivity index (χ0v) is 28.5. The Morgan fingerprint density at radius 3 is 2.20 bits per heavy atom. The average molecular weight is 709 g/mol. The van der Waals surface area contributed by atoms with Gasteiger partial charge in [-0.2, -0.15) is 0 Å². The summed E-state index contributed by atoms with van der Waals surface area (Å²) >= 11 is 1.27. The Bertz CT molecular complexity index is 1720. The predicted molar refractivity (Wildman–Crippen MR) is 184 cm³/mol. The minimum Gasteiger partial charge on any atom is -0.496 e. The summed E-state index contributed by atoms with van der Waals surface area (Å²) in [5, 5.41) is 7.49. The van der Waals surface area contributed by atoms with Crippen LogP contribution in [0, 0.1) is 0 Å². The van der Waals surface area contributed by atoms with E-state index in [9.17, 15) is 24.0 Å². The fraction of sp³-hybridized carbons (Fsp3) is 0.265. The number of nitrogens with one attached hydrogen (secondary N) is 3. The summed E-state index contributed by atoms with van der Waals surface area (Å²) in [4.78, 5) is 66.3. The van der Waals surface area contributed by atoms with Crippen molar-refractivity contribution in [3.63, 3.8) is 0 Å². The smallest absolute Gasteiger partial charge is 0.411 e. The van der Waals surface area contributed by atoms with Crippen LogP contribution in [0.4, 0.5) is 16.2 Å². The van der Waals surface area contributed by atoms with E-state index in [1.807, 2.05) is 6.08 Å². The molecular formula is C34H36N4O11S. The summed E-state index contributed by atoms with van der Waals surface area (Å²) in [6.07, 6.45) is 0.765. The Morgan fingerprint density at radius 2 is 1.54 bits per heavy atom. The van der Waals surface area contributed by atoms with E-state index in [0.717, 1.165) is 5.56 Å². The van der Waals surface area contributed by atoms with Crippen LogP contribution in [0.5, 0.6) is 23.0 Å². The largest absolute Gasteiger partial charge is 0.496 e. The van der Waals surface area contributed by atoms with Gasteiger partial charge in [-0.05, 0) is 53.3 Å². The van der Waals surface area contributed by atoms with Crippen LogP contribution in [0.3, 0.4) is 0 Å². The number of hydrogen-bond acceptors (Lipinski definition) is 13. The van der Waals surface area contributed by atoms with E-state index in [2.05, 4.69) is 15.4 Å². The number of anilines is 2. The Morgan fingerprint density at radius 1 is 0.860 bits per heavy atom. The Kier molecular flexibility index (Phi) is 13.3. The molecule has 0 unspecified atom stereocenters. The fourth-order valence-corrected chi connectivity index (χ4v) is 5.18. The van der Waals surface area contributed by atoms with Crippen LogP contribution >= 0.6 is 11.9 Å². The molecule has 0 radical (unpaired) electrons. The lowest BCUT2D eigenvalue weighted by Gasteiger charge is -2.14. The molecule has 0 aliphatic carbocycles. The van der Waals surface area contributed by atoms with Crippen molar-refractivity contribution in [1.82, 2.24) is 10.4 Å². The molecule has 1 saturated heterocycles. The molecule has 0 atom stereocenters. The average Bonchev–Trinajstić information content (AvgIpc) is 3.44. The summed E-state index contributed by atoms with van der Waals surface area (Å²) < 4.78 is 30.0. The normalized spacial score (nSPS) is 12.4. The van der Waals surface area contributed by atoms with E-state index in [-0.39, 0.29) is 38.0 Å². The van der Waals surface area contributed by atoms with Crippen molar-refractivity contribution >= 4 is 59.2 Å². The van der Waals surface area contributed by atoms with Crippen LogP contribution in [0.1, 0.15) is 34.3 Å². The first-order valence-corrected chi connectivity index (χ1v) is 16.0. The second kappa shape index (κ2) is 18.0. The highest BCUT2D eigenvalue weighted by Gasteiger charge is 2.33. The molecular weight excluding hydrogens is 672 g/mol. The van der Waals surface area contributed by atoms with Gasteiger partial charge in [-0.15, -0.1) is 5.06 Å². The van der Waals surface area contributed by atoms with Gasteiger partial charge in [0, 0.05) is 30.7 Å². The molecule has 50 heavy (non-hydrogen) atoms. The predicted octanol–water partition coefficient (Wildman–Crippen LogP) is 4.58. The molecule has 0 spiro atoms. The van der Waals surface area contributed by atoms with Gasteiger partial charge in [0.15, 0.2) is 0 Å². The zero-order valence-electron chi connectivity index (χ0n) is 27.7. The second-order valence-corrected chi connectivity index (χ2v) is 11.0. The van der Waals surface area contributed by atoms with Crippen molar-refractivity contribution in [2.24, 2.45) is 0 Å². The number of amides is 4. The third kappa shape index (κ3) is 9.82. The standard InChI is InChI=1S/C34H36N4O11S/c1-44-23-19-28(46-3)25(29(20-23)47-4)13-16-50-37-22-9-10-27(45-2)26(18-22)36-34(43)48-15-14-35-30(39)17-21-7-5-6-8-24(21)33(42)49-38-31(40)11-12-32(38)41/h5-10,13,16,18-20,37H,11-12,14-15,17H2,1-4H3,(H,35,39)(H,36,43)/b16-13+. The number of methoxy groups -OCH3 is 4. The van der Waals surface area contributed by atoms with Gasteiger partial charge in [-0.25, -0.2) is 9.59 Å². The van der Waals surface area contributed by atoms with Crippen molar-refractivity contribution in [2.75, 3.05) is 51.6 Å². The molecule has 0 saturated carbocycles. The van der Waals surface area contributed by atoms with Gasteiger partial charge < -0.3 is 38.6 Å². The van der Waals surface area contributed by atoms with Gasteiger partial charge in [0.2, 0.25) is 5.91 Å². The minimum absolute atomic E-state index is 0.0128. The van der Waals surface area contributed by atoms with Crippen LogP contribution in [0.15, 0.2) is 60.0 Å². The Balaban J connectivity index is 1.25. The first-order valence-electron chi connectivity index (χ1n) is 15.1. The van der Waals surface area contributed by atoms with E-state index in [4.69, 9.17) is 28.5 Å². The summed E-state index contributed by atoms with van der Waals surface area (Å²) in [6, 6.07) is 14.8. The number of imide groups is 1. The first kappa shape index (κ1) is 36.9. The number of carbonyl (C=O) groups excluding carboxylic acids is 5. The van der Waals surface area contributed by atoms with Crippen LogP contribution < -0.4 is 34.3 Å². The van der Waals surface area contributed by atoms with Crippen molar-refractivity contribution in [2.45, 2.75) is 19.3 Å². The highest BCUT2D eigenvalue weighted by Crippen LogP contribution is 2.36. The Labute approximate surface area is 292 Å². The number of nitrogens with zero attached hydrogens (tertiary/aromatic N) is 1. The summed E-state index contributed by atoms with van der Waals surface area (Å²) in [6.45, 7) is -0.166. The Hall–Kier alpha value is -5.90. The highest BCUT2D eigenvalue weighted by molar-refractivity contribution is 8.03. The molecule has 264 valence electrons. The van der Waals surface area contributed by atoms with Crippen LogP contribution in [0.2, 0.25) is 0 Å². The molecule has 1 aliphatic heterocycles. The molecule has 3 N–H and O–H groups in total. The molecule has 3 aromatic carbocycles. The van der Waals surface area contributed by atoms with E-state index >= 15 is 0 Å². The van der Waals surface area contributed by atoms with Crippen molar-refractivity contribution in [3.8, 4) is 23.0 Å². The van der Waals surface area contributed by atoms with Gasteiger partial charge >= 0.3 is 12.1 Å². The maximum atomic E-state index is 12.6. The first-order chi connectivity index (χ1) is 24.2. The van der Waals surface area contributed by atoms with Crippen molar-refractivity contribution < 1.29 is 52.5 Å². The lowest BCUT2D eigenvalue weighted by Crippen LogP contribution is -2.33. The van der Waals surface area contributed by atoms with Crippen LogP contribution in [-0.2, 0) is 30.4 Å². The molecule has 1 fully saturated rings. The molecule has 1 aliphatic rings. The number of hydrogen-bond donors (Lipinski definition) is 3. The number of ether oxygens (including phenoxy) is 5. The molecule has 0 aromatic heterocycles. The molecule has 16 heteroatoms. The van der Waals surface area contributed by atoms with Gasteiger partial charge in [-0.1, -0.05) is 18.2 Å². The molecule has 15 nitrogen and oxygen atoms in total. The van der Waals surface area contributed by atoms with Crippen molar-refractivity contribution in [3.05, 3.63) is 76.7 Å². The molecule has 1 heterocycles. The lowest BCUT2D eigenvalue weighted by atomic mass is 10.0.